The molecule has 3 nitrogen and oxygen atoms in total. The summed E-state index contributed by atoms with van der Waals surface area (Å²) in [5.41, 5.74) is -1.64. The Morgan fingerprint density at radius 3 is 1.71 bits per heavy atom. The standard InChI is InChI=1S/C14H22O3/c1-5-13(6-2)9-10(15)11(16)14(7-3,8-4)12(13)17/h5-9H2,1-4H3. The minimum Gasteiger partial charge on any atom is -0.298 e. The predicted octanol–water partition coefficient (Wildman–Crippen LogP) is 2.71. The van der Waals surface area contributed by atoms with E-state index in [4.69, 9.17) is 0 Å². The molecule has 0 bridgehead atoms. The van der Waals surface area contributed by atoms with Crippen LogP contribution >= 0.6 is 0 Å². The smallest absolute Gasteiger partial charge is 0.211 e. The van der Waals surface area contributed by atoms with Crippen molar-refractivity contribution < 1.29 is 14.4 Å². The zero-order valence-electron chi connectivity index (χ0n) is 11.3. The lowest BCUT2D eigenvalue weighted by Crippen LogP contribution is -2.56. The van der Waals surface area contributed by atoms with E-state index in [-0.39, 0.29) is 18.0 Å². The predicted molar refractivity (Wildman–Crippen MR) is 65.7 cm³/mol. The van der Waals surface area contributed by atoms with Crippen LogP contribution in [0.3, 0.4) is 0 Å². The highest BCUT2D eigenvalue weighted by Gasteiger charge is 2.57. The SMILES string of the molecule is CCC1(CC)CC(=O)C(=O)C(CC)(CC)C1=O. The van der Waals surface area contributed by atoms with Crippen LogP contribution in [-0.2, 0) is 14.4 Å². The number of carbonyl (C=O) groups excluding carboxylic acids is 3. The second-order valence-corrected chi connectivity index (χ2v) is 5.03. The molecular weight excluding hydrogens is 216 g/mol. The Labute approximate surface area is 103 Å². The van der Waals surface area contributed by atoms with Crippen molar-refractivity contribution in [3.05, 3.63) is 0 Å². The lowest BCUT2D eigenvalue weighted by Gasteiger charge is -2.43. The number of hydrogen-bond acceptors (Lipinski definition) is 3. The summed E-state index contributed by atoms with van der Waals surface area (Å²) in [5.74, 6) is -0.799. The molecule has 96 valence electrons. The molecule has 0 radical (unpaired) electrons. The van der Waals surface area contributed by atoms with Crippen molar-refractivity contribution in [1.82, 2.24) is 0 Å². The number of hydrogen-bond donors (Lipinski definition) is 0. The van der Waals surface area contributed by atoms with Crippen LogP contribution in [0.2, 0.25) is 0 Å². The van der Waals surface area contributed by atoms with Gasteiger partial charge in [0.2, 0.25) is 5.78 Å². The van der Waals surface area contributed by atoms with Crippen LogP contribution in [0.5, 0.6) is 0 Å². The maximum atomic E-state index is 12.7. The van der Waals surface area contributed by atoms with Crippen molar-refractivity contribution in [2.75, 3.05) is 0 Å². The monoisotopic (exact) mass is 238 g/mol. The van der Waals surface area contributed by atoms with E-state index in [1.807, 2.05) is 27.7 Å². The average Bonchev–Trinajstić information content (AvgIpc) is 2.36. The molecule has 1 saturated carbocycles. The van der Waals surface area contributed by atoms with Crippen molar-refractivity contribution >= 4 is 17.3 Å². The largest absolute Gasteiger partial charge is 0.298 e. The van der Waals surface area contributed by atoms with Gasteiger partial charge in [-0.2, -0.15) is 0 Å². The molecule has 0 aromatic carbocycles. The van der Waals surface area contributed by atoms with Crippen molar-refractivity contribution in [1.29, 1.82) is 0 Å². The Morgan fingerprint density at radius 2 is 1.35 bits per heavy atom. The maximum Gasteiger partial charge on any atom is 0.211 e. The molecule has 0 heterocycles. The van der Waals surface area contributed by atoms with E-state index in [0.29, 0.717) is 25.7 Å². The molecule has 0 aromatic heterocycles. The van der Waals surface area contributed by atoms with E-state index in [2.05, 4.69) is 0 Å². The van der Waals surface area contributed by atoms with Crippen molar-refractivity contribution in [3.63, 3.8) is 0 Å². The van der Waals surface area contributed by atoms with Crippen molar-refractivity contribution in [3.8, 4) is 0 Å². The molecule has 0 aromatic rings. The van der Waals surface area contributed by atoms with Crippen LogP contribution in [0.1, 0.15) is 59.8 Å². The molecule has 1 fully saturated rings. The number of rotatable bonds is 4. The minimum atomic E-state index is -1.04. The van der Waals surface area contributed by atoms with E-state index < -0.39 is 16.6 Å². The molecule has 0 aliphatic heterocycles. The first-order valence-corrected chi connectivity index (χ1v) is 6.56. The third-order valence-electron chi connectivity index (χ3n) is 4.66. The molecule has 0 unspecified atom stereocenters. The van der Waals surface area contributed by atoms with Gasteiger partial charge in [-0.05, 0) is 25.7 Å². The lowest BCUT2D eigenvalue weighted by molar-refractivity contribution is -0.161. The maximum absolute atomic E-state index is 12.7. The Morgan fingerprint density at radius 1 is 0.882 bits per heavy atom. The average molecular weight is 238 g/mol. The number of ketones is 3. The zero-order valence-corrected chi connectivity index (χ0v) is 11.3. The molecular formula is C14H22O3. The van der Waals surface area contributed by atoms with Gasteiger partial charge in [-0.25, -0.2) is 0 Å². The van der Waals surface area contributed by atoms with Gasteiger partial charge in [0.25, 0.3) is 0 Å². The highest BCUT2D eigenvalue weighted by molar-refractivity contribution is 6.46. The van der Waals surface area contributed by atoms with E-state index >= 15 is 0 Å². The van der Waals surface area contributed by atoms with Crippen molar-refractivity contribution in [2.45, 2.75) is 59.8 Å². The molecule has 1 rings (SSSR count). The van der Waals surface area contributed by atoms with Gasteiger partial charge in [-0.15, -0.1) is 0 Å². The highest BCUT2D eigenvalue weighted by Crippen LogP contribution is 2.47. The first kappa shape index (κ1) is 14.1. The van der Waals surface area contributed by atoms with Crippen molar-refractivity contribution in [2.24, 2.45) is 10.8 Å². The summed E-state index contributed by atoms with van der Waals surface area (Å²) in [4.78, 5) is 36.7. The Balaban J connectivity index is 3.34. The van der Waals surface area contributed by atoms with E-state index in [1.165, 1.54) is 0 Å². The molecule has 3 heteroatoms. The summed E-state index contributed by atoms with van der Waals surface area (Å²) in [7, 11) is 0. The molecule has 0 amide bonds. The zero-order chi connectivity index (χ0) is 13.3. The van der Waals surface area contributed by atoms with Crippen LogP contribution in [-0.4, -0.2) is 17.3 Å². The normalized spacial score (nSPS) is 22.9. The molecule has 0 spiro atoms. The molecule has 0 atom stereocenters. The second kappa shape index (κ2) is 4.71. The van der Waals surface area contributed by atoms with E-state index in [1.54, 1.807) is 0 Å². The van der Waals surface area contributed by atoms with Gasteiger partial charge in [-0.1, -0.05) is 27.7 Å². The molecule has 1 aliphatic carbocycles. The summed E-state index contributed by atoms with van der Waals surface area (Å²) in [5, 5.41) is 0. The van der Waals surface area contributed by atoms with E-state index in [0.717, 1.165) is 0 Å². The quantitative estimate of drug-likeness (QED) is 0.559. The first-order valence-electron chi connectivity index (χ1n) is 6.56. The molecule has 17 heavy (non-hydrogen) atoms. The Bertz CT molecular complexity index is 346. The second-order valence-electron chi connectivity index (χ2n) is 5.03. The first-order chi connectivity index (χ1) is 7.94. The van der Waals surface area contributed by atoms with Crippen LogP contribution in [0.4, 0.5) is 0 Å². The van der Waals surface area contributed by atoms with Crippen LogP contribution in [0.15, 0.2) is 0 Å². The molecule has 1 aliphatic rings. The summed E-state index contributed by atoms with van der Waals surface area (Å²) in [6.45, 7) is 7.52. The fourth-order valence-electron chi connectivity index (χ4n) is 3.06. The fourth-order valence-corrected chi connectivity index (χ4v) is 3.06. The van der Waals surface area contributed by atoms with Gasteiger partial charge >= 0.3 is 0 Å². The van der Waals surface area contributed by atoms with Gasteiger partial charge in [0.1, 0.15) is 0 Å². The lowest BCUT2D eigenvalue weighted by atomic mass is 9.56. The number of carbonyl (C=O) groups is 3. The number of Topliss-reactive ketones (excluding diaryl/α,β-unsaturated/α-hetero) is 3. The van der Waals surface area contributed by atoms with Crippen LogP contribution in [0, 0.1) is 10.8 Å². The van der Waals surface area contributed by atoms with Gasteiger partial charge in [0, 0.05) is 11.8 Å². The summed E-state index contributed by atoms with van der Waals surface area (Å²) < 4.78 is 0. The summed E-state index contributed by atoms with van der Waals surface area (Å²) in [6.07, 6.45) is 2.27. The third kappa shape index (κ3) is 1.76. The van der Waals surface area contributed by atoms with Gasteiger partial charge in [-0.3, -0.25) is 14.4 Å². The molecule has 0 saturated heterocycles. The van der Waals surface area contributed by atoms with E-state index in [9.17, 15) is 14.4 Å². The Hall–Kier alpha value is -0.990. The van der Waals surface area contributed by atoms with Gasteiger partial charge in [0.15, 0.2) is 11.6 Å². The van der Waals surface area contributed by atoms with Crippen LogP contribution < -0.4 is 0 Å². The minimum absolute atomic E-state index is 0.00426. The van der Waals surface area contributed by atoms with Gasteiger partial charge in [0.05, 0.1) is 5.41 Å². The molecule has 0 N–H and O–H groups in total. The summed E-state index contributed by atoms with van der Waals surface area (Å²) >= 11 is 0. The fraction of sp³-hybridized carbons (Fsp3) is 0.786. The third-order valence-corrected chi connectivity index (χ3v) is 4.66. The topological polar surface area (TPSA) is 51.2 Å². The van der Waals surface area contributed by atoms with Crippen LogP contribution in [0.25, 0.3) is 0 Å². The van der Waals surface area contributed by atoms with Gasteiger partial charge < -0.3 is 0 Å². The highest BCUT2D eigenvalue weighted by atomic mass is 16.2. The summed E-state index contributed by atoms with van der Waals surface area (Å²) in [6, 6.07) is 0. The Kier molecular flexibility index (Phi) is 3.90.